The summed E-state index contributed by atoms with van der Waals surface area (Å²) in [5.74, 6) is 2.00. The molecular weight excluding hydrogens is 278 g/mol. The summed E-state index contributed by atoms with van der Waals surface area (Å²) >= 11 is 0. The second-order valence-corrected chi connectivity index (χ2v) is 6.05. The van der Waals surface area contributed by atoms with Gasteiger partial charge in [-0.3, -0.25) is 5.32 Å². The minimum Gasteiger partial charge on any atom is -0.294 e. The lowest BCUT2D eigenvalue weighted by atomic mass is 10.0. The first kappa shape index (κ1) is 14.1. The van der Waals surface area contributed by atoms with Crippen LogP contribution in [0.2, 0.25) is 0 Å². The Bertz CT molecular complexity index is 691. The van der Waals surface area contributed by atoms with Crippen LogP contribution >= 0.6 is 0 Å². The lowest BCUT2D eigenvalue weighted by Gasteiger charge is -2.02. The van der Waals surface area contributed by atoms with E-state index in [1.54, 1.807) is 0 Å². The minimum atomic E-state index is 0.431. The van der Waals surface area contributed by atoms with Gasteiger partial charge in [-0.15, -0.1) is 0 Å². The molecule has 1 aliphatic carbocycles. The molecule has 0 aromatic heterocycles. The Morgan fingerprint density at radius 2 is 1.26 bits per heavy atom. The van der Waals surface area contributed by atoms with Gasteiger partial charge in [-0.2, -0.15) is 0 Å². The van der Waals surface area contributed by atoms with Crippen LogP contribution in [0.4, 0.5) is 0 Å². The number of hydrogen-bond donors (Lipinski definition) is 1. The van der Waals surface area contributed by atoms with Crippen molar-refractivity contribution in [2.45, 2.75) is 18.5 Å². The Kier molecular flexibility index (Phi) is 3.87. The number of nitrogens with one attached hydrogen (secondary N) is 1. The summed E-state index contributed by atoms with van der Waals surface area (Å²) in [5, 5.41) is 3.73. The Hall–Kier alpha value is -2.51. The summed E-state index contributed by atoms with van der Waals surface area (Å²) in [6, 6.07) is 32.6. The van der Waals surface area contributed by atoms with E-state index in [0.717, 1.165) is 6.54 Å². The van der Waals surface area contributed by atoms with Gasteiger partial charge in [-0.25, -0.2) is 0 Å². The molecule has 0 spiro atoms. The van der Waals surface area contributed by atoms with Gasteiger partial charge in [-0.05, 0) is 29.3 Å². The van der Waals surface area contributed by atoms with Crippen molar-refractivity contribution in [2.75, 3.05) is 0 Å². The zero-order chi connectivity index (χ0) is 15.5. The molecule has 0 saturated heterocycles. The molecule has 4 rings (SSSR count). The van der Waals surface area contributed by atoms with Crippen molar-refractivity contribution in [3.63, 3.8) is 0 Å². The quantitative estimate of drug-likeness (QED) is 0.681. The first-order chi connectivity index (χ1) is 11.4. The molecule has 1 N–H and O–H groups in total. The Morgan fingerprint density at radius 3 is 1.91 bits per heavy atom. The predicted molar refractivity (Wildman–Crippen MR) is 95.0 cm³/mol. The molecule has 0 aliphatic heterocycles. The standard InChI is InChI=1S/C22H20N/c1-4-10-17(11-5-1)16-23-22-20(18-12-6-2-7-13-18)21(22)19-14-8-3-9-15-19/h1-15,20,22-23H,16H2/q+1. The first-order valence-electron chi connectivity index (χ1n) is 8.18. The molecule has 3 aromatic carbocycles. The van der Waals surface area contributed by atoms with E-state index in [1.807, 2.05) is 0 Å². The van der Waals surface area contributed by atoms with Crippen LogP contribution in [-0.4, -0.2) is 6.04 Å². The largest absolute Gasteiger partial charge is 0.294 e. The molecule has 1 heteroatoms. The van der Waals surface area contributed by atoms with Gasteiger partial charge in [0.15, 0.2) is 0 Å². The highest BCUT2D eigenvalue weighted by molar-refractivity contribution is 5.55. The second kappa shape index (κ2) is 6.31. The fraction of sp³-hybridized carbons (Fsp3) is 0.136. The Balaban J connectivity index is 1.54. The zero-order valence-corrected chi connectivity index (χ0v) is 13.0. The van der Waals surface area contributed by atoms with Crippen molar-refractivity contribution in [1.82, 2.24) is 5.32 Å². The molecule has 1 fully saturated rings. The molecule has 2 unspecified atom stereocenters. The first-order valence-corrected chi connectivity index (χ1v) is 8.18. The number of benzene rings is 3. The molecule has 2 atom stereocenters. The van der Waals surface area contributed by atoms with E-state index in [2.05, 4.69) is 96.3 Å². The van der Waals surface area contributed by atoms with Crippen molar-refractivity contribution in [3.05, 3.63) is 114 Å². The van der Waals surface area contributed by atoms with Crippen LogP contribution in [0, 0.1) is 5.92 Å². The van der Waals surface area contributed by atoms with Crippen LogP contribution in [0.25, 0.3) is 0 Å². The highest BCUT2D eigenvalue weighted by Crippen LogP contribution is 2.53. The highest BCUT2D eigenvalue weighted by atomic mass is 15.0. The molecule has 112 valence electrons. The van der Waals surface area contributed by atoms with E-state index in [-0.39, 0.29) is 0 Å². The van der Waals surface area contributed by atoms with Gasteiger partial charge in [0.1, 0.15) is 5.56 Å². The number of hydrogen-bond acceptors (Lipinski definition) is 1. The van der Waals surface area contributed by atoms with Gasteiger partial charge in [0.25, 0.3) is 0 Å². The van der Waals surface area contributed by atoms with Gasteiger partial charge < -0.3 is 0 Å². The highest BCUT2D eigenvalue weighted by Gasteiger charge is 2.58. The van der Waals surface area contributed by atoms with Crippen LogP contribution in [-0.2, 0) is 6.54 Å². The van der Waals surface area contributed by atoms with Crippen LogP contribution in [0.1, 0.15) is 22.6 Å². The monoisotopic (exact) mass is 298 g/mol. The molecule has 0 amide bonds. The van der Waals surface area contributed by atoms with Gasteiger partial charge in [0, 0.05) is 18.7 Å². The molecule has 23 heavy (non-hydrogen) atoms. The van der Waals surface area contributed by atoms with E-state index in [0.29, 0.717) is 12.0 Å². The Labute approximate surface area is 138 Å². The summed E-state index contributed by atoms with van der Waals surface area (Å²) in [5.41, 5.74) is 4.09. The van der Waals surface area contributed by atoms with Crippen LogP contribution in [0.5, 0.6) is 0 Å². The van der Waals surface area contributed by atoms with Crippen molar-refractivity contribution in [2.24, 2.45) is 0 Å². The van der Waals surface area contributed by atoms with Gasteiger partial charge in [0.2, 0.25) is 0 Å². The van der Waals surface area contributed by atoms with E-state index in [1.165, 1.54) is 22.6 Å². The van der Waals surface area contributed by atoms with Gasteiger partial charge in [0.05, 0.1) is 17.9 Å². The summed E-state index contributed by atoms with van der Waals surface area (Å²) in [7, 11) is 0. The fourth-order valence-corrected chi connectivity index (χ4v) is 3.34. The third kappa shape index (κ3) is 3.01. The Morgan fingerprint density at radius 1 is 0.696 bits per heavy atom. The minimum absolute atomic E-state index is 0.431. The van der Waals surface area contributed by atoms with E-state index < -0.39 is 0 Å². The van der Waals surface area contributed by atoms with Crippen molar-refractivity contribution >= 4 is 0 Å². The maximum atomic E-state index is 3.73. The van der Waals surface area contributed by atoms with E-state index in [4.69, 9.17) is 0 Å². The molecule has 1 aliphatic rings. The van der Waals surface area contributed by atoms with Crippen molar-refractivity contribution < 1.29 is 0 Å². The molecular formula is C22H20N+. The zero-order valence-electron chi connectivity index (χ0n) is 13.0. The molecule has 1 saturated carbocycles. The summed E-state index contributed by atoms with van der Waals surface area (Å²) in [4.78, 5) is 0. The third-order valence-electron chi connectivity index (χ3n) is 4.53. The summed E-state index contributed by atoms with van der Waals surface area (Å²) < 4.78 is 0. The average Bonchev–Trinajstić information content (AvgIpc) is 3.37. The van der Waals surface area contributed by atoms with E-state index >= 15 is 0 Å². The lowest BCUT2D eigenvalue weighted by molar-refractivity contribution is 0.677. The predicted octanol–water partition coefficient (Wildman–Crippen LogP) is 4.56. The maximum Gasteiger partial charge on any atom is 0.135 e. The SMILES string of the molecule is c1ccc(CNC2[C+](c3ccccc3)C2c2ccccc2)cc1. The van der Waals surface area contributed by atoms with Crippen LogP contribution < -0.4 is 5.32 Å². The molecule has 0 radical (unpaired) electrons. The number of rotatable bonds is 5. The van der Waals surface area contributed by atoms with Gasteiger partial charge in [-0.1, -0.05) is 60.7 Å². The molecule has 0 heterocycles. The fourth-order valence-electron chi connectivity index (χ4n) is 3.34. The molecule has 3 aromatic rings. The second-order valence-electron chi connectivity index (χ2n) is 6.05. The van der Waals surface area contributed by atoms with Crippen molar-refractivity contribution in [1.29, 1.82) is 0 Å². The maximum absolute atomic E-state index is 3.73. The topological polar surface area (TPSA) is 12.0 Å². The normalized spacial score (nSPS) is 19.6. The van der Waals surface area contributed by atoms with E-state index in [9.17, 15) is 0 Å². The average molecular weight is 298 g/mol. The van der Waals surface area contributed by atoms with Crippen LogP contribution in [0.15, 0.2) is 91.0 Å². The van der Waals surface area contributed by atoms with Crippen molar-refractivity contribution in [3.8, 4) is 0 Å². The third-order valence-corrected chi connectivity index (χ3v) is 4.53. The molecule has 1 nitrogen and oxygen atoms in total. The molecule has 0 bridgehead atoms. The summed E-state index contributed by atoms with van der Waals surface area (Å²) in [6.07, 6.45) is 0. The smallest absolute Gasteiger partial charge is 0.135 e. The van der Waals surface area contributed by atoms with Gasteiger partial charge >= 0.3 is 0 Å². The summed E-state index contributed by atoms with van der Waals surface area (Å²) in [6.45, 7) is 0.908. The lowest BCUT2D eigenvalue weighted by Crippen LogP contribution is -2.18. The van der Waals surface area contributed by atoms with Crippen LogP contribution in [0.3, 0.4) is 0 Å².